The number of alkyl halides is 6. The first-order valence-corrected chi connectivity index (χ1v) is 5.84. The Morgan fingerprint density at radius 2 is 1.17 bits per heavy atom. The molecule has 0 aliphatic carbocycles. The predicted molar refractivity (Wildman–Crippen MR) is 67.6 cm³/mol. The summed E-state index contributed by atoms with van der Waals surface area (Å²) in [6, 6.07) is 2.87. The van der Waals surface area contributed by atoms with Crippen molar-refractivity contribution < 1.29 is 46.1 Å². The van der Waals surface area contributed by atoms with Crippen molar-refractivity contribution in [3.05, 3.63) is 41.7 Å². The van der Waals surface area contributed by atoms with Crippen LogP contribution in [0.15, 0.2) is 30.4 Å². The summed E-state index contributed by atoms with van der Waals surface area (Å²) in [5, 5.41) is 18.8. The zero-order chi connectivity index (χ0) is 18.7. The van der Waals surface area contributed by atoms with Gasteiger partial charge in [-0.25, -0.2) is 4.98 Å². The summed E-state index contributed by atoms with van der Waals surface area (Å²) in [6.45, 7) is 0. The monoisotopic (exact) mass is 355 g/mol. The lowest BCUT2D eigenvalue weighted by Gasteiger charge is -2.05. The molecule has 0 radical (unpaired) electrons. The van der Waals surface area contributed by atoms with E-state index < -0.39 is 46.8 Å². The number of nitrogens with zero attached hydrogens (tertiary/aromatic N) is 1. The number of allylic oxidation sites excluding steroid dienone is 2. The number of pyridine rings is 1. The number of aromatic nitrogens is 1. The van der Waals surface area contributed by atoms with Gasteiger partial charge in [-0.3, -0.25) is 9.59 Å². The highest BCUT2D eigenvalue weighted by atomic mass is 19.4. The van der Waals surface area contributed by atoms with Gasteiger partial charge in [-0.1, -0.05) is 6.07 Å². The number of carbonyl (C=O) groups is 2. The molecule has 0 aromatic carbocycles. The smallest absolute Gasteiger partial charge is 0.454 e. The Balaban J connectivity index is 3.15. The van der Waals surface area contributed by atoms with Crippen LogP contribution in [0.25, 0.3) is 11.5 Å². The molecular formula is C13H7F6NO4. The minimum absolute atomic E-state index is 0.187. The van der Waals surface area contributed by atoms with Gasteiger partial charge in [0.25, 0.3) is 11.6 Å². The molecular weight excluding hydrogens is 348 g/mol. The Bertz CT molecular complexity index is 661. The van der Waals surface area contributed by atoms with Gasteiger partial charge in [0.2, 0.25) is 0 Å². The lowest BCUT2D eigenvalue weighted by atomic mass is 10.2. The number of hydrogen-bond acceptors (Lipinski definition) is 5. The fourth-order valence-corrected chi connectivity index (χ4v) is 1.28. The average Bonchev–Trinajstić information content (AvgIpc) is 2.45. The SMILES string of the molecule is O=C(/C=C(\O)c1cccc(/C(O)=C/C(=O)C(F)(F)F)n1)C(F)(F)F. The number of halogens is 6. The number of aliphatic hydroxyl groups excluding tert-OH is 2. The molecule has 0 atom stereocenters. The molecule has 2 N–H and O–H groups in total. The van der Waals surface area contributed by atoms with Crippen molar-refractivity contribution in [3.63, 3.8) is 0 Å². The molecule has 0 amide bonds. The number of ketones is 2. The third-order valence-electron chi connectivity index (χ3n) is 2.37. The first kappa shape index (κ1) is 19.2. The molecule has 0 spiro atoms. The van der Waals surface area contributed by atoms with Gasteiger partial charge in [0.05, 0.1) is 0 Å². The van der Waals surface area contributed by atoms with Gasteiger partial charge < -0.3 is 10.2 Å². The van der Waals surface area contributed by atoms with E-state index in [1.165, 1.54) is 0 Å². The number of aliphatic hydroxyl groups is 2. The molecule has 1 heterocycles. The summed E-state index contributed by atoms with van der Waals surface area (Å²) in [6.07, 6.45) is -10.9. The Morgan fingerprint density at radius 3 is 1.46 bits per heavy atom. The molecule has 0 saturated carbocycles. The zero-order valence-electron chi connectivity index (χ0n) is 11.3. The quantitative estimate of drug-likeness (QED) is 0.492. The van der Waals surface area contributed by atoms with Crippen molar-refractivity contribution in [1.82, 2.24) is 4.98 Å². The van der Waals surface area contributed by atoms with Gasteiger partial charge in [-0.15, -0.1) is 0 Å². The van der Waals surface area contributed by atoms with Crippen molar-refractivity contribution in [1.29, 1.82) is 0 Å². The second kappa shape index (κ2) is 6.72. The molecule has 24 heavy (non-hydrogen) atoms. The number of carbonyl (C=O) groups excluding carboxylic acids is 2. The molecule has 1 aromatic heterocycles. The maximum absolute atomic E-state index is 12.1. The molecule has 0 saturated heterocycles. The van der Waals surface area contributed by atoms with Crippen LogP contribution < -0.4 is 0 Å². The fourth-order valence-electron chi connectivity index (χ4n) is 1.28. The molecule has 5 nitrogen and oxygen atoms in total. The van der Waals surface area contributed by atoms with Gasteiger partial charge in [0.1, 0.15) is 22.9 Å². The Morgan fingerprint density at radius 1 is 0.833 bits per heavy atom. The van der Waals surface area contributed by atoms with Gasteiger partial charge in [-0.05, 0) is 12.1 Å². The summed E-state index contributed by atoms with van der Waals surface area (Å²) in [4.78, 5) is 24.8. The van der Waals surface area contributed by atoms with Crippen molar-refractivity contribution in [3.8, 4) is 0 Å². The van der Waals surface area contributed by atoms with E-state index in [4.69, 9.17) is 0 Å². The van der Waals surface area contributed by atoms with Crippen LogP contribution in [0.2, 0.25) is 0 Å². The topological polar surface area (TPSA) is 87.5 Å². The zero-order valence-corrected chi connectivity index (χ0v) is 11.3. The van der Waals surface area contributed by atoms with E-state index in [2.05, 4.69) is 4.98 Å². The highest BCUT2D eigenvalue weighted by Crippen LogP contribution is 2.21. The normalized spacial score (nSPS) is 13.8. The van der Waals surface area contributed by atoms with Crippen LogP contribution in [-0.2, 0) is 9.59 Å². The summed E-state index contributed by atoms with van der Waals surface area (Å²) in [7, 11) is 0. The molecule has 0 bridgehead atoms. The van der Waals surface area contributed by atoms with Gasteiger partial charge in [-0.2, -0.15) is 26.3 Å². The highest BCUT2D eigenvalue weighted by molar-refractivity contribution is 5.99. The van der Waals surface area contributed by atoms with E-state index >= 15 is 0 Å². The van der Waals surface area contributed by atoms with E-state index in [0.29, 0.717) is 0 Å². The van der Waals surface area contributed by atoms with Gasteiger partial charge in [0, 0.05) is 12.2 Å². The summed E-state index contributed by atoms with van der Waals surface area (Å²) in [5.74, 6) is -7.23. The second-order valence-corrected chi connectivity index (χ2v) is 4.19. The van der Waals surface area contributed by atoms with E-state index in [1.54, 1.807) is 0 Å². The molecule has 0 unspecified atom stereocenters. The second-order valence-electron chi connectivity index (χ2n) is 4.19. The Labute approximate surface area is 129 Å². The third-order valence-corrected chi connectivity index (χ3v) is 2.37. The maximum atomic E-state index is 12.1. The van der Waals surface area contributed by atoms with Crippen LogP contribution in [-0.4, -0.2) is 39.1 Å². The predicted octanol–water partition coefficient (Wildman–Crippen LogP) is 3.14. The van der Waals surface area contributed by atoms with Crippen molar-refractivity contribution in [2.75, 3.05) is 0 Å². The first-order chi connectivity index (χ1) is 10.8. The standard InChI is InChI=1S/C13H7F6NO4/c14-12(15,16)10(23)4-8(21)6-2-1-3-7(20-6)9(22)5-11(24)13(17,18)19/h1-5,21-22H/b8-4-,9-5-. The molecule has 1 rings (SSSR count). The molecule has 0 fully saturated rings. The Hall–Kier alpha value is -2.85. The highest BCUT2D eigenvalue weighted by Gasteiger charge is 2.38. The van der Waals surface area contributed by atoms with Crippen LogP contribution in [0, 0.1) is 0 Å². The van der Waals surface area contributed by atoms with E-state index in [-0.39, 0.29) is 12.2 Å². The molecule has 0 aliphatic heterocycles. The maximum Gasteiger partial charge on any atom is 0.454 e. The summed E-state index contributed by atoms with van der Waals surface area (Å²) >= 11 is 0. The lowest BCUT2D eigenvalue weighted by Crippen LogP contribution is -2.20. The van der Waals surface area contributed by atoms with E-state index in [9.17, 15) is 46.1 Å². The third kappa shape index (κ3) is 5.11. The number of rotatable bonds is 4. The van der Waals surface area contributed by atoms with Crippen LogP contribution in [0.5, 0.6) is 0 Å². The Kier molecular flexibility index (Phi) is 5.38. The van der Waals surface area contributed by atoms with Crippen molar-refractivity contribution in [2.45, 2.75) is 12.4 Å². The van der Waals surface area contributed by atoms with Crippen molar-refractivity contribution in [2.24, 2.45) is 0 Å². The minimum Gasteiger partial charge on any atom is -0.506 e. The van der Waals surface area contributed by atoms with Crippen LogP contribution in [0.1, 0.15) is 11.4 Å². The van der Waals surface area contributed by atoms with E-state index in [1.807, 2.05) is 0 Å². The summed E-state index contributed by atoms with van der Waals surface area (Å²) < 4.78 is 72.4. The molecule has 11 heteroatoms. The summed E-state index contributed by atoms with van der Waals surface area (Å²) in [5.41, 5.74) is -1.27. The van der Waals surface area contributed by atoms with Crippen LogP contribution >= 0.6 is 0 Å². The van der Waals surface area contributed by atoms with Crippen molar-refractivity contribution >= 4 is 23.1 Å². The first-order valence-electron chi connectivity index (χ1n) is 5.84. The lowest BCUT2D eigenvalue weighted by molar-refractivity contribution is -0.165. The van der Waals surface area contributed by atoms with Gasteiger partial charge in [0.15, 0.2) is 0 Å². The van der Waals surface area contributed by atoms with E-state index in [0.717, 1.165) is 18.2 Å². The molecule has 0 aliphatic rings. The largest absolute Gasteiger partial charge is 0.506 e. The fraction of sp³-hybridized carbons (Fsp3) is 0.154. The molecule has 1 aromatic rings. The van der Waals surface area contributed by atoms with Gasteiger partial charge >= 0.3 is 12.4 Å². The average molecular weight is 355 g/mol. The number of hydrogen-bond donors (Lipinski definition) is 2. The minimum atomic E-state index is -5.24. The molecule has 130 valence electrons. The van der Waals surface area contributed by atoms with Crippen LogP contribution in [0.3, 0.4) is 0 Å². The van der Waals surface area contributed by atoms with Crippen LogP contribution in [0.4, 0.5) is 26.3 Å².